The summed E-state index contributed by atoms with van der Waals surface area (Å²) in [4.78, 5) is 14.2. The van der Waals surface area contributed by atoms with E-state index >= 15 is 0 Å². The lowest BCUT2D eigenvalue weighted by atomic mass is 9.95. The van der Waals surface area contributed by atoms with E-state index in [1.165, 1.54) is 12.1 Å². The molecule has 0 spiro atoms. The number of nitrogens with zero attached hydrogens (tertiary/aromatic N) is 1. The summed E-state index contributed by atoms with van der Waals surface area (Å²) in [6, 6.07) is 14.4. The maximum atomic E-state index is 12.6. The molecule has 3 nitrogen and oxygen atoms in total. The van der Waals surface area contributed by atoms with Gasteiger partial charge in [-0.1, -0.05) is 42.5 Å². The van der Waals surface area contributed by atoms with Crippen LogP contribution in [-0.2, 0) is 17.4 Å². The van der Waals surface area contributed by atoms with Crippen LogP contribution in [0.4, 0.5) is 13.2 Å². The van der Waals surface area contributed by atoms with Gasteiger partial charge in [-0.2, -0.15) is 13.2 Å². The average molecular weight is 385 g/mol. The Kier molecular flexibility index (Phi) is 6.31. The molecule has 3 rings (SSSR count). The van der Waals surface area contributed by atoms with Gasteiger partial charge < -0.3 is 10.6 Å². The smallest absolute Gasteiger partial charge is 0.340 e. The molecule has 1 heterocycles. The topological polar surface area (TPSA) is 46.3 Å². The van der Waals surface area contributed by atoms with E-state index in [-0.39, 0.29) is 36.7 Å². The molecule has 1 fully saturated rings. The third kappa shape index (κ3) is 4.56. The van der Waals surface area contributed by atoms with Crippen molar-refractivity contribution < 1.29 is 18.0 Å². The first-order valence-corrected chi connectivity index (χ1v) is 8.09. The summed E-state index contributed by atoms with van der Waals surface area (Å²) in [5.74, 6) is -0.0357. The van der Waals surface area contributed by atoms with Gasteiger partial charge in [0.1, 0.15) is 0 Å². The monoisotopic (exact) mass is 384 g/mol. The molecule has 2 aromatic carbocycles. The molecule has 2 aromatic rings. The predicted octanol–water partition coefficient (Wildman–Crippen LogP) is 3.62. The quantitative estimate of drug-likeness (QED) is 0.878. The van der Waals surface area contributed by atoms with Gasteiger partial charge >= 0.3 is 6.18 Å². The molecular formula is C19H20ClF3N2O. The van der Waals surface area contributed by atoms with Crippen molar-refractivity contribution in [1.29, 1.82) is 0 Å². The fourth-order valence-corrected chi connectivity index (χ4v) is 3.18. The molecule has 0 aromatic heterocycles. The molecule has 0 aliphatic carbocycles. The van der Waals surface area contributed by atoms with E-state index in [1.54, 1.807) is 4.90 Å². The number of carbonyl (C=O) groups excluding carboxylic acids is 1. The van der Waals surface area contributed by atoms with Gasteiger partial charge in [0.05, 0.1) is 12.0 Å². The molecule has 0 unspecified atom stereocenters. The number of hydrogen-bond donors (Lipinski definition) is 1. The molecule has 0 saturated carbocycles. The Balaban J connectivity index is 0.00000243. The highest BCUT2D eigenvalue weighted by molar-refractivity contribution is 5.85. The van der Waals surface area contributed by atoms with Crippen LogP contribution in [0.2, 0.25) is 0 Å². The Hall–Kier alpha value is -2.05. The van der Waals surface area contributed by atoms with Crippen molar-refractivity contribution in [2.24, 2.45) is 5.73 Å². The Morgan fingerprint density at radius 2 is 1.65 bits per heavy atom. The second kappa shape index (κ2) is 8.10. The largest absolute Gasteiger partial charge is 0.416 e. The second-order valence-electron chi connectivity index (χ2n) is 6.35. The van der Waals surface area contributed by atoms with E-state index in [9.17, 15) is 18.0 Å². The van der Waals surface area contributed by atoms with Gasteiger partial charge in [-0.05, 0) is 23.3 Å². The van der Waals surface area contributed by atoms with Gasteiger partial charge in [0, 0.05) is 25.0 Å². The van der Waals surface area contributed by atoms with E-state index < -0.39 is 11.7 Å². The zero-order valence-electron chi connectivity index (χ0n) is 13.9. The van der Waals surface area contributed by atoms with Crippen LogP contribution in [0.15, 0.2) is 54.6 Å². The highest BCUT2D eigenvalue weighted by Gasteiger charge is 2.34. The van der Waals surface area contributed by atoms with Crippen molar-refractivity contribution in [3.05, 3.63) is 71.3 Å². The van der Waals surface area contributed by atoms with Crippen LogP contribution in [0.1, 0.15) is 22.6 Å². The number of likely N-dealkylation sites (tertiary alicyclic amines) is 1. The zero-order valence-corrected chi connectivity index (χ0v) is 14.8. The second-order valence-corrected chi connectivity index (χ2v) is 6.35. The molecular weight excluding hydrogens is 365 g/mol. The van der Waals surface area contributed by atoms with Crippen molar-refractivity contribution >= 4 is 18.3 Å². The van der Waals surface area contributed by atoms with Crippen molar-refractivity contribution in [2.45, 2.75) is 24.6 Å². The lowest BCUT2D eigenvalue weighted by Crippen LogP contribution is -2.33. The summed E-state index contributed by atoms with van der Waals surface area (Å²) in [6.07, 6.45) is -4.29. The Morgan fingerprint density at radius 1 is 1.04 bits per heavy atom. The van der Waals surface area contributed by atoms with Crippen molar-refractivity contribution in [3.63, 3.8) is 0 Å². The fraction of sp³-hybridized carbons (Fsp3) is 0.316. The van der Waals surface area contributed by atoms with Crippen molar-refractivity contribution in [1.82, 2.24) is 4.90 Å². The lowest BCUT2D eigenvalue weighted by Gasteiger charge is -2.17. The van der Waals surface area contributed by atoms with Crippen LogP contribution >= 0.6 is 12.4 Å². The Bertz CT molecular complexity index is 735. The molecule has 2 N–H and O–H groups in total. The fourth-order valence-electron chi connectivity index (χ4n) is 3.18. The van der Waals surface area contributed by atoms with E-state index in [2.05, 4.69) is 0 Å². The van der Waals surface area contributed by atoms with Crippen LogP contribution < -0.4 is 5.73 Å². The zero-order chi connectivity index (χ0) is 18.0. The molecule has 0 radical (unpaired) electrons. The molecule has 26 heavy (non-hydrogen) atoms. The molecule has 1 saturated heterocycles. The van der Waals surface area contributed by atoms with Gasteiger partial charge in [0.25, 0.3) is 0 Å². The summed E-state index contributed by atoms with van der Waals surface area (Å²) in [5, 5.41) is 0. The van der Waals surface area contributed by atoms with Crippen LogP contribution in [0.25, 0.3) is 0 Å². The summed E-state index contributed by atoms with van der Waals surface area (Å²) >= 11 is 0. The van der Waals surface area contributed by atoms with Crippen LogP contribution in [0.5, 0.6) is 0 Å². The van der Waals surface area contributed by atoms with Gasteiger partial charge in [-0.25, -0.2) is 0 Å². The summed E-state index contributed by atoms with van der Waals surface area (Å²) in [6.45, 7) is 0.990. The molecule has 2 atom stereocenters. The highest BCUT2D eigenvalue weighted by Crippen LogP contribution is 2.30. The Labute approximate surface area is 156 Å². The highest BCUT2D eigenvalue weighted by atomic mass is 35.5. The first kappa shape index (κ1) is 20.3. The average Bonchev–Trinajstić information content (AvgIpc) is 2.97. The van der Waals surface area contributed by atoms with Crippen LogP contribution in [-0.4, -0.2) is 29.9 Å². The molecule has 140 valence electrons. The van der Waals surface area contributed by atoms with Crippen molar-refractivity contribution in [3.8, 4) is 0 Å². The summed E-state index contributed by atoms with van der Waals surface area (Å²) in [7, 11) is 0. The summed E-state index contributed by atoms with van der Waals surface area (Å²) < 4.78 is 37.8. The van der Waals surface area contributed by atoms with Gasteiger partial charge in [-0.15, -0.1) is 12.4 Å². The predicted molar refractivity (Wildman–Crippen MR) is 96.1 cm³/mol. The molecule has 1 amide bonds. The number of alkyl halides is 3. The Morgan fingerprint density at radius 3 is 2.23 bits per heavy atom. The maximum absolute atomic E-state index is 12.6. The maximum Gasteiger partial charge on any atom is 0.416 e. The third-order valence-electron chi connectivity index (χ3n) is 4.58. The molecule has 1 aliphatic rings. The minimum Gasteiger partial charge on any atom is -0.340 e. The number of nitrogens with two attached hydrogens (primary N) is 1. The van der Waals surface area contributed by atoms with Crippen LogP contribution in [0, 0.1) is 0 Å². The van der Waals surface area contributed by atoms with E-state index in [0.29, 0.717) is 18.7 Å². The number of benzene rings is 2. The SMILES string of the molecule is Cl.N[C@@H]1CN(C(=O)Cc2ccc(C(F)(F)F)cc2)C[C@H]1c1ccccc1. The van der Waals surface area contributed by atoms with E-state index in [1.807, 2.05) is 30.3 Å². The number of halogens is 4. The van der Waals surface area contributed by atoms with E-state index in [4.69, 9.17) is 5.73 Å². The van der Waals surface area contributed by atoms with Gasteiger partial charge in [0.2, 0.25) is 5.91 Å². The molecule has 0 bridgehead atoms. The van der Waals surface area contributed by atoms with Gasteiger partial charge in [0.15, 0.2) is 0 Å². The third-order valence-corrected chi connectivity index (χ3v) is 4.58. The lowest BCUT2D eigenvalue weighted by molar-refractivity contribution is -0.137. The first-order valence-electron chi connectivity index (χ1n) is 8.09. The number of carbonyl (C=O) groups is 1. The minimum absolute atomic E-state index is 0. The standard InChI is InChI=1S/C19H19F3N2O.ClH/c20-19(21,22)15-8-6-13(7-9-15)10-18(25)24-11-16(17(23)12-24)14-4-2-1-3-5-14;/h1-9,16-17H,10-12,23H2;1H/t16-,17+;/m0./s1. The first-order chi connectivity index (χ1) is 11.8. The number of rotatable bonds is 3. The van der Waals surface area contributed by atoms with Crippen molar-refractivity contribution in [2.75, 3.05) is 13.1 Å². The molecule has 7 heteroatoms. The number of hydrogen-bond acceptors (Lipinski definition) is 2. The summed E-state index contributed by atoms with van der Waals surface area (Å²) in [5.41, 5.74) is 7.13. The van der Waals surface area contributed by atoms with Gasteiger partial charge in [-0.3, -0.25) is 4.79 Å². The van der Waals surface area contributed by atoms with Crippen LogP contribution in [0.3, 0.4) is 0 Å². The van der Waals surface area contributed by atoms with E-state index in [0.717, 1.165) is 17.7 Å². The normalized spacial score (nSPS) is 19.9. The minimum atomic E-state index is -4.37. The molecule has 1 aliphatic heterocycles. The number of amides is 1.